The number of aromatic carboxylic acids is 1. The first-order chi connectivity index (χ1) is 7.66. The van der Waals surface area contributed by atoms with Gasteiger partial charge in [-0.3, -0.25) is 4.68 Å². The molecule has 0 fully saturated rings. The number of hydrogen-bond donors (Lipinski definition) is 1. The van der Waals surface area contributed by atoms with Crippen molar-refractivity contribution in [2.45, 2.75) is 13.1 Å². The minimum Gasteiger partial charge on any atom is -0.477 e. The van der Waals surface area contributed by atoms with E-state index in [2.05, 4.69) is 32.9 Å². The summed E-state index contributed by atoms with van der Waals surface area (Å²) in [5.41, 5.74) is 0.296. The molecular weight excluding hydrogens is 323 g/mol. The number of aryl methyl sites for hydroxylation is 2. The lowest BCUT2D eigenvalue weighted by atomic mass is 10.4. The van der Waals surface area contributed by atoms with Crippen LogP contribution in [0.15, 0.2) is 24.7 Å². The van der Waals surface area contributed by atoms with Gasteiger partial charge in [-0.2, -0.15) is 0 Å². The lowest BCUT2D eigenvalue weighted by Gasteiger charge is -2.05. The Labute approximate surface area is 105 Å². The number of carbonyl (C=O) groups is 1. The second kappa shape index (κ2) is 4.64. The highest BCUT2D eigenvalue weighted by Gasteiger charge is 2.11. The number of carboxylic acids is 1. The second-order valence-corrected chi connectivity index (χ2v) is 4.45. The van der Waals surface area contributed by atoms with Crippen molar-refractivity contribution in [2.75, 3.05) is 0 Å². The van der Waals surface area contributed by atoms with E-state index in [1.54, 1.807) is 33.9 Å². The third kappa shape index (κ3) is 2.40. The molecule has 0 atom stereocenters. The first-order valence-corrected chi connectivity index (χ1v) is 5.68. The van der Waals surface area contributed by atoms with Gasteiger partial charge in [-0.1, -0.05) is 5.21 Å². The molecule has 0 unspecified atom stereocenters. The van der Waals surface area contributed by atoms with Gasteiger partial charge in [0.15, 0.2) is 0 Å². The van der Waals surface area contributed by atoms with Crippen molar-refractivity contribution < 1.29 is 9.90 Å². The number of aromatic nitrogens is 4. The number of hydrogen-bond acceptors (Lipinski definition) is 3. The van der Waals surface area contributed by atoms with Crippen LogP contribution in [0.4, 0.5) is 0 Å². The van der Waals surface area contributed by atoms with Gasteiger partial charge in [0, 0.05) is 22.5 Å². The van der Waals surface area contributed by atoms with Crippen molar-refractivity contribution in [1.82, 2.24) is 19.6 Å². The summed E-state index contributed by atoms with van der Waals surface area (Å²) in [6, 6.07) is 1.64. The molecule has 2 heterocycles. The Morgan fingerprint density at radius 1 is 1.50 bits per heavy atom. The molecule has 2 aromatic rings. The Morgan fingerprint density at radius 3 is 2.94 bits per heavy atom. The third-order valence-corrected chi connectivity index (χ3v) is 2.71. The molecule has 0 radical (unpaired) electrons. The standard InChI is InChI=1S/C9H9IN4O2/c10-7-5-8(9(15)16)13(6-7)3-4-14-2-1-11-12-14/h1-2,5-6H,3-4H2,(H,15,16). The summed E-state index contributed by atoms with van der Waals surface area (Å²) in [6.45, 7) is 1.17. The molecule has 6 nitrogen and oxygen atoms in total. The molecule has 0 bridgehead atoms. The maximum Gasteiger partial charge on any atom is 0.352 e. The van der Waals surface area contributed by atoms with E-state index in [9.17, 15) is 4.79 Å². The van der Waals surface area contributed by atoms with Crippen molar-refractivity contribution in [3.8, 4) is 0 Å². The molecule has 16 heavy (non-hydrogen) atoms. The number of halogens is 1. The average molecular weight is 332 g/mol. The first kappa shape index (κ1) is 11.1. The topological polar surface area (TPSA) is 72.9 Å². The first-order valence-electron chi connectivity index (χ1n) is 4.60. The Hall–Kier alpha value is -1.38. The van der Waals surface area contributed by atoms with Crippen LogP contribution in [0.2, 0.25) is 0 Å². The van der Waals surface area contributed by atoms with Crippen LogP contribution < -0.4 is 0 Å². The Bertz CT molecular complexity index is 492. The summed E-state index contributed by atoms with van der Waals surface area (Å²) in [4.78, 5) is 10.9. The van der Waals surface area contributed by atoms with Crippen molar-refractivity contribution in [2.24, 2.45) is 0 Å². The molecular formula is C9H9IN4O2. The molecule has 0 saturated heterocycles. The van der Waals surface area contributed by atoms with Crippen LogP contribution in [-0.2, 0) is 13.1 Å². The largest absolute Gasteiger partial charge is 0.477 e. The van der Waals surface area contributed by atoms with E-state index in [1.165, 1.54) is 0 Å². The van der Waals surface area contributed by atoms with Gasteiger partial charge in [0.25, 0.3) is 0 Å². The van der Waals surface area contributed by atoms with E-state index in [0.717, 1.165) is 3.57 Å². The van der Waals surface area contributed by atoms with E-state index in [-0.39, 0.29) is 0 Å². The molecule has 84 valence electrons. The van der Waals surface area contributed by atoms with Crippen molar-refractivity contribution in [1.29, 1.82) is 0 Å². The maximum absolute atomic E-state index is 10.9. The Morgan fingerprint density at radius 2 is 2.31 bits per heavy atom. The smallest absolute Gasteiger partial charge is 0.352 e. The molecule has 0 aliphatic rings. The highest BCUT2D eigenvalue weighted by molar-refractivity contribution is 14.1. The Kier molecular flexibility index (Phi) is 3.22. The monoisotopic (exact) mass is 332 g/mol. The molecule has 7 heteroatoms. The van der Waals surface area contributed by atoms with Crippen molar-refractivity contribution in [3.63, 3.8) is 0 Å². The fourth-order valence-electron chi connectivity index (χ4n) is 1.40. The predicted molar refractivity (Wildman–Crippen MR) is 64.1 cm³/mol. The van der Waals surface area contributed by atoms with E-state index < -0.39 is 5.97 Å². The van der Waals surface area contributed by atoms with Gasteiger partial charge in [-0.05, 0) is 28.7 Å². The number of carboxylic acid groups (broad SMARTS) is 1. The van der Waals surface area contributed by atoms with E-state index >= 15 is 0 Å². The molecule has 2 aromatic heterocycles. The van der Waals surface area contributed by atoms with Gasteiger partial charge in [-0.15, -0.1) is 5.10 Å². The van der Waals surface area contributed by atoms with Crippen LogP contribution in [0.25, 0.3) is 0 Å². The molecule has 0 amide bonds. The van der Waals surface area contributed by atoms with Gasteiger partial charge < -0.3 is 9.67 Å². The molecule has 2 rings (SSSR count). The molecule has 0 aromatic carbocycles. The van der Waals surface area contributed by atoms with Gasteiger partial charge in [-0.25, -0.2) is 4.79 Å². The molecule has 1 N–H and O–H groups in total. The van der Waals surface area contributed by atoms with Gasteiger partial charge in [0.2, 0.25) is 0 Å². The highest BCUT2D eigenvalue weighted by Crippen LogP contribution is 2.11. The lowest BCUT2D eigenvalue weighted by molar-refractivity contribution is 0.0684. The zero-order valence-corrected chi connectivity index (χ0v) is 10.4. The second-order valence-electron chi connectivity index (χ2n) is 3.21. The lowest BCUT2D eigenvalue weighted by Crippen LogP contribution is -2.12. The summed E-state index contributed by atoms with van der Waals surface area (Å²) in [7, 11) is 0. The number of nitrogens with zero attached hydrogens (tertiary/aromatic N) is 4. The van der Waals surface area contributed by atoms with Crippen LogP contribution in [0.5, 0.6) is 0 Å². The van der Waals surface area contributed by atoms with Gasteiger partial charge in [0.1, 0.15) is 5.69 Å². The van der Waals surface area contributed by atoms with Gasteiger partial charge >= 0.3 is 5.97 Å². The van der Waals surface area contributed by atoms with Crippen LogP contribution in [0.3, 0.4) is 0 Å². The average Bonchev–Trinajstić information content (AvgIpc) is 2.83. The predicted octanol–water partition coefficient (Wildman–Crippen LogP) is 1.08. The van der Waals surface area contributed by atoms with Crippen LogP contribution in [0.1, 0.15) is 10.5 Å². The zero-order chi connectivity index (χ0) is 11.5. The summed E-state index contributed by atoms with van der Waals surface area (Å²) in [5, 5.41) is 16.5. The Balaban J connectivity index is 2.12. The summed E-state index contributed by atoms with van der Waals surface area (Å²) in [5.74, 6) is -0.915. The SMILES string of the molecule is O=C(O)c1cc(I)cn1CCn1ccnn1. The fourth-order valence-corrected chi connectivity index (χ4v) is 2.03. The number of rotatable bonds is 4. The summed E-state index contributed by atoms with van der Waals surface area (Å²) < 4.78 is 4.28. The van der Waals surface area contributed by atoms with Crippen molar-refractivity contribution >= 4 is 28.6 Å². The highest BCUT2D eigenvalue weighted by atomic mass is 127. The van der Waals surface area contributed by atoms with Crippen molar-refractivity contribution in [3.05, 3.63) is 33.9 Å². The van der Waals surface area contributed by atoms with E-state index in [0.29, 0.717) is 18.8 Å². The molecule has 0 aliphatic carbocycles. The molecule has 0 spiro atoms. The zero-order valence-electron chi connectivity index (χ0n) is 8.25. The van der Waals surface area contributed by atoms with E-state index in [4.69, 9.17) is 5.11 Å². The summed E-state index contributed by atoms with van der Waals surface area (Å²) >= 11 is 2.09. The van der Waals surface area contributed by atoms with E-state index in [1.807, 2.05) is 0 Å². The third-order valence-electron chi connectivity index (χ3n) is 2.12. The van der Waals surface area contributed by atoms with Crippen LogP contribution in [-0.4, -0.2) is 30.6 Å². The van der Waals surface area contributed by atoms with Crippen LogP contribution in [0, 0.1) is 3.57 Å². The minimum atomic E-state index is -0.915. The fraction of sp³-hybridized carbons (Fsp3) is 0.222. The molecule has 0 aliphatic heterocycles. The summed E-state index contributed by atoms with van der Waals surface area (Å²) in [6.07, 6.45) is 5.15. The van der Waals surface area contributed by atoms with Gasteiger partial charge in [0.05, 0.1) is 12.7 Å². The normalized spacial score (nSPS) is 10.6. The molecule has 0 saturated carbocycles. The quantitative estimate of drug-likeness (QED) is 0.851. The van der Waals surface area contributed by atoms with Crippen LogP contribution >= 0.6 is 22.6 Å². The minimum absolute atomic E-state index is 0.296. The maximum atomic E-state index is 10.9.